The molecule has 2 heterocycles. The lowest BCUT2D eigenvalue weighted by Crippen LogP contribution is -2.17. The van der Waals surface area contributed by atoms with Crippen molar-refractivity contribution >= 4 is 11.7 Å². The molecule has 1 amide bonds. The molecule has 94 valence electrons. The molecule has 0 saturated carbocycles. The molecule has 0 radical (unpaired) electrons. The largest absolute Gasteiger partial charge is 0.302 e. The SMILES string of the molecule is CC(C)c1nccnc1NC(=O)c1nnn(C)n1. The van der Waals surface area contributed by atoms with Crippen LogP contribution in [0.1, 0.15) is 36.1 Å². The van der Waals surface area contributed by atoms with Gasteiger partial charge in [-0.05, 0) is 11.1 Å². The van der Waals surface area contributed by atoms with Gasteiger partial charge in [0, 0.05) is 12.4 Å². The summed E-state index contributed by atoms with van der Waals surface area (Å²) >= 11 is 0. The second-order valence-corrected chi connectivity index (χ2v) is 4.00. The highest BCUT2D eigenvalue weighted by Crippen LogP contribution is 2.18. The molecule has 0 atom stereocenters. The van der Waals surface area contributed by atoms with Gasteiger partial charge in [-0.3, -0.25) is 9.78 Å². The maximum absolute atomic E-state index is 11.8. The maximum atomic E-state index is 11.8. The van der Waals surface area contributed by atoms with Crippen LogP contribution in [0.15, 0.2) is 12.4 Å². The summed E-state index contributed by atoms with van der Waals surface area (Å²) in [6.45, 7) is 3.94. The predicted molar refractivity (Wildman–Crippen MR) is 62.9 cm³/mol. The molecule has 0 fully saturated rings. The number of hydrogen-bond donors (Lipinski definition) is 1. The first kappa shape index (κ1) is 12.1. The number of nitrogens with one attached hydrogen (secondary N) is 1. The molecule has 0 saturated heterocycles. The summed E-state index contributed by atoms with van der Waals surface area (Å²) < 4.78 is 0. The van der Waals surface area contributed by atoms with E-state index in [9.17, 15) is 4.79 Å². The van der Waals surface area contributed by atoms with E-state index in [1.54, 1.807) is 13.2 Å². The third-order valence-corrected chi connectivity index (χ3v) is 2.22. The molecule has 2 aromatic heterocycles. The fraction of sp³-hybridized carbons (Fsp3) is 0.400. The second kappa shape index (κ2) is 4.86. The Labute approximate surface area is 103 Å². The Kier molecular flexibility index (Phi) is 3.26. The number of tetrazole rings is 1. The number of amides is 1. The number of aromatic nitrogens is 6. The minimum atomic E-state index is -0.453. The van der Waals surface area contributed by atoms with E-state index in [4.69, 9.17) is 0 Å². The van der Waals surface area contributed by atoms with Crippen LogP contribution in [0.5, 0.6) is 0 Å². The van der Waals surface area contributed by atoms with E-state index in [1.165, 1.54) is 11.0 Å². The van der Waals surface area contributed by atoms with E-state index < -0.39 is 5.91 Å². The van der Waals surface area contributed by atoms with Gasteiger partial charge in [-0.15, -0.1) is 10.2 Å². The molecule has 1 N–H and O–H groups in total. The second-order valence-electron chi connectivity index (χ2n) is 4.00. The molecule has 0 aliphatic carbocycles. The van der Waals surface area contributed by atoms with Crippen molar-refractivity contribution in [2.24, 2.45) is 7.05 Å². The lowest BCUT2D eigenvalue weighted by molar-refractivity contribution is 0.101. The standard InChI is InChI=1S/C10H13N7O/c1-6(2)7-8(12-5-4-11-7)13-10(18)9-14-16-17(3)15-9/h4-6H,1-3H3,(H,12,13,18). The summed E-state index contributed by atoms with van der Waals surface area (Å²) in [5.41, 5.74) is 0.717. The quantitative estimate of drug-likeness (QED) is 0.841. The molecule has 2 rings (SSSR count). The molecule has 18 heavy (non-hydrogen) atoms. The van der Waals surface area contributed by atoms with Gasteiger partial charge in [-0.2, -0.15) is 4.80 Å². The van der Waals surface area contributed by atoms with Gasteiger partial charge < -0.3 is 5.32 Å². The Balaban J connectivity index is 2.22. The monoisotopic (exact) mass is 247 g/mol. The van der Waals surface area contributed by atoms with E-state index in [2.05, 4.69) is 30.7 Å². The van der Waals surface area contributed by atoms with Gasteiger partial charge in [0.2, 0.25) is 0 Å². The number of anilines is 1. The summed E-state index contributed by atoms with van der Waals surface area (Å²) in [6, 6.07) is 0. The Hall–Kier alpha value is -2.38. The highest BCUT2D eigenvalue weighted by Gasteiger charge is 2.16. The van der Waals surface area contributed by atoms with E-state index >= 15 is 0 Å². The zero-order valence-corrected chi connectivity index (χ0v) is 10.3. The molecule has 8 nitrogen and oxygen atoms in total. The van der Waals surface area contributed by atoms with Gasteiger partial charge in [0.25, 0.3) is 11.7 Å². The zero-order chi connectivity index (χ0) is 13.1. The van der Waals surface area contributed by atoms with Gasteiger partial charge in [-0.1, -0.05) is 13.8 Å². The number of nitrogens with zero attached hydrogens (tertiary/aromatic N) is 6. The van der Waals surface area contributed by atoms with Gasteiger partial charge in [-0.25, -0.2) is 4.98 Å². The first-order chi connectivity index (χ1) is 8.58. The van der Waals surface area contributed by atoms with Crippen molar-refractivity contribution in [3.8, 4) is 0 Å². The number of rotatable bonds is 3. The van der Waals surface area contributed by atoms with Crippen LogP contribution in [-0.4, -0.2) is 36.1 Å². The molecule has 0 spiro atoms. The number of hydrogen-bond acceptors (Lipinski definition) is 6. The fourth-order valence-electron chi connectivity index (χ4n) is 1.41. The van der Waals surface area contributed by atoms with Gasteiger partial charge in [0.15, 0.2) is 5.82 Å². The average Bonchev–Trinajstić information content (AvgIpc) is 2.76. The fourth-order valence-corrected chi connectivity index (χ4v) is 1.41. The highest BCUT2D eigenvalue weighted by atomic mass is 16.2. The number of carbonyl (C=O) groups is 1. The Bertz CT molecular complexity index is 563. The molecule has 0 aliphatic rings. The topological polar surface area (TPSA) is 98.5 Å². The lowest BCUT2D eigenvalue weighted by Gasteiger charge is -2.09. The minimum absolute atomic E-state index is 0.00198. The molecule has 8 heteroatoms. The molecular weight excluding hydrogens is 234 g/mol. The molecule has 0 aliphatic heterocycles. The minimum Gasteiger partial charge on any atom is -0.302 e. The van der Waals surface area contributed by atoms with Crippen LogP contribution >= 0.6 is 0 Å². The zero-order valence-electron chi connectivity index (χ0n) is 10.3. The maximum Gasteiger partial charge on any atom is 0.298 e. The summed E-state index contributed by atoms with van der Waals surface area (Å²) in [4.78, 5) is 21.3. The van der Waals surface area contributed by atoms with Crippen molar-refractivity contribution < 1.29 is 4.79 Å². The molecule has 0 unspecified atom stereocenters. The van der Waals surface area contributed by atoms with Crippen molar-refractivity contribution in [2.45, 2.75) is 19.8 Å². The van der Waals surface area contributed by atoms with E-state index in [0.717, 1.165) is 5.69 Å². The van der Waals surface area contributed by atoms with Crippen LogP contribution in [0.25, 0.3) is 0 Å². The first-order valence-electron chi connectivity index (χ1n) is 5.44. The molecule has 0 aromatic carbocycles. The van der Waals surface area contributed by atoms with Crippen molar-refractivity contribution in [1.82, 2.24) is 30.2 Å². The van der Waals surface area contributed by atoms with Crippen LogP contribution in [0.4, 0.5) is 5.82 Å². The van der Waals surface area contributed by atoms with Crippen LogP contribution in [0, 0.1) is 0 Å². The van der Waals surface area contributed by atoms with Crippen LogP contribution in [-0.2, 0) is 7.05 Å². The van der Waals surface area contributed by atoms with Crippen molar-refractivity contribution in [2.75, 3.05) is 5.32 Å². The van der Waals surface area contributed by atoms with Gasteiger partial charge >= 0.3 is 0 Å². The summed E-state index contributed by atoms with van der Waals surface area (Å²) in [5, 5.41) is 13.7. The third-order valence-electron chi connectivity index (χ3n) is 2.22. The Morgan fingerprint density at radius 1 is 1.33 bits per heavy atom. The Morgan fingerprint density at radius 2 is 2.06 bits per heavy atom. The van der Waals surface area contributed by atoms with E-state index in [-0.39, 0.29) is 11.7 Å². The van der Waals surface area contributed by atoms with Crippen LogP contribution in [0.3, 0.4) is 0 Å². The van der Waals surface area contributed by atoms with Crippen molar-refractivity contribution in [3.05, 3.63) is 23.9 Å². The van der Waals surface area contributed by atoms with Crippen molar-refractivity contribution in [3.63, 3.8) is 0 Å². The van der Waals surface area contributed by atoms with Crippen LogP contribution in [0.2, 0.25) is 0 Å². The summed E-state index contributed by atoms with van der Waals surface area (Å²) in [7, 11) is 1.59. The van der Waals surface area contributed by atoms with Crippen molar-refractivity contribution in [1.29, 1.82) is 0 Å². The summed E-state index contributed by atoms with van der Waals surface area (Å²) in [5.74, 6) is 0.122. The molecular formula is C10H13N7O. The Morgan fingerprint density at radius 3 is 2.67 bits per heavy atom. The normalized spacial score (nSPS) is 10.7. The number of aryl methyl sites for hydroxylation is 1. The average molecular weight is 247 g/mol. The predicted octanol–water partition coefficient (Wildman–Crippen LogP) is 0.376. The van der Waals surface area contributed by atoms with Gasteiger partial charge in [0.05, 0.1) is 12.7 Å². The number of carbonyl (C=O) groups excluding carboxylic acids is 1. The molecule has 0 bridgehead atoms. The summed E-state index contributed by atoms with van der Waals surface area (Å²) in [6.07, 6.45) is 3.11. The van der Waals surface area contributed by atoms with Crippen LogP contribution < -0.4 is 5.32 Å². The van der Waals surface area contributed by atoms with E-state index in [0.29, 0.717) is 5.82 Å². The smallest absolute Gasteiger partial charge is 0.298 e. The van der Waals surface area contributed by atoms with Gasteiger partial charge in [0.1, 0.15) is 0 Å². The van der Waals surface area contributed by atoms with E-state index in [1.807, 2.05) is 13.8 Å². The third kappa shape index (κ3) is 2.47. The first-order valence-corrected chi connectivity index (χ1v) is 5.44. The highest BCUT2D eigenvalue weighted by molar-refractivity contribution is 6.01. The lowest BCUT2D eigenvalue weighted by atomic mass is 10.1. The molecule has 2 aromatic rings.